The van der Waals surface area contributed by atoms with Crippen LogP contribution in [0.15, 0.2) is 60.7 Å². The van der Waals surface area contributed by atoms with Crippen molar-refractivity contribution in [1.82, 2.24) is 0 Å². The third kappa shape index (κ3) is 2.15. The second-order valence-electron chi connectivity index (χ2n) is 4.60. The van der Waals surface area contributed by atoms with Crippen LogP contribution in [-0.2, 0) is 0 Å². The lowest BCUT2D eigenvalue weighted by Crippen LogP contribution is -2.03. The smallest absolute Gasteiger partial charge is 0.195 e. The molecule has 0 bridgehead atoms. The number of hydrogen-bond donors (Lipinski definition) is 1. The van der Waals surface area contributed by atoms with Crippen molar-refractivity contribution in [2.45, 2.75) is 0 Å². The summed E-state index contributed by atoms with van der Waals surface area (Å²) in [5.74, 6) is -0.0909. The molecule has 0 radical (unpaired) electrons. The van der Waals surface area contributed by atoms with Gasteiger partial charge in [0.1, 0.15) is 0 Å². The fraction of sp³-hybridized carbons (Fsp3) is 0. The molecule has 0 heterocycles. The van der Waals surface area contributed by atoms with Gasteiger partial charge in [-0.2, -0.15) is 0 Å². The topological polar surface area (TPSA) is 43.1 Å². The molecule has 0 spiro atoms. The fourth-order valence-electron chi connectivity index (χ4n) is 2.28. The van der Waals surface area contributed by atoms with E-state index in [1.165, 1.54) is 0 Å². The number of rotatable bonds is 2. The predicted octanol–water partition coefficient (Wildman–Crippen LogP) is 4.31. The van der Waals surface area contributed by atoms with E-state index in [2.05, 4.69) is 0 Å². The minimum atomic E-state index is -0.0909. The molecule has 3 rings (SSSR count). The lowest BCUT2D eigenvalue weighted by atomic mass is 9.97. The van der Waals surface area contributed by atoms with Crippen molar-refractivity contribution in [2.24, 2.45) is 0 Å². The van der Waals surface area contributed by atoms with Crippen molar-refractivity contribution >= 4 is 33.8 Å². The summed E-state index contributed by atoms with van der Waals surface area (Å²) in [6.07, 6.45) is 0. The maximum atomic E-state index is 12.7. The number of halogens is 1. The summed E-state index contributed by atoms with van der Waals surface area (Å²) in [5, 5.41) is 2.33. The van der Waals surface area contributed by atoms with Crippen LogP contribution in [0.1, 0.15) is 15.9 Å². The molecule has 3 aromatic rings. The molecule has 0 aliphatic rings. The zero-order valence-corrected chi connectivity index (χ0v) is 11.4. The molecule has 0 aliphatic heterocycles. The van der Waals surface area contributed by atoms with Gasteiger partial charge in [-0.25, -0.2) is 0 Å². The van der Waals surface area contributed by atoms with Crippen LogP contribution in [0, 0.1) is 0 Å². The number of nitrogen functional groups attached to an aromatic ring is 1. The zero-order chi connectivity index (χ0) is 14.1. The Morgan fingerprint density at radius 3 is 2.45 bits per heavy atom. The Labute approximate surface area is 121 Å². The molecule has 2 N–H and O–H groups in total. The maximum Gasteiger partial charge on any atom is 0.195 e. The number of carbonyl (C=O) groups excluding carboxylic acids is 1. The molecule has 0 saturated heterocycles. The summed E-state index contributed by atoms with van der Waals surface area (Å²) in [4.78, 5) is 12.7. The van der Waals surface area contributed by atoms with Crippen LogP contribution in [0.4, 0.5) is 5.69 Å². The number of carbonyl (C=O) groups is 1. The highest BCUT2D eigenvalue weighted by atomic mass is 35.5. The Morgan fingerprint density at radius 2 is 1.65 bits per heavy atom. The Balaban J connectivity index is 2.18. The van der Waals surface area contributed by atoms with E-state index >= 15 is 0 Å². The summed E-state index contributed by atoms with van der Waals surface area (Å²) in [5.41, 5.74) is 7.32. The van der Waals surface area contributed by atoms with Gasteiger partial charge in [0.05, 0.1) is 5.02 Å². The van der Waals surface area contributed by atoms with E-state index in [0.29, 0.717) is 21.8 Å². The van der Waals surface area contributed by atoms with Crippen LogP contribution in [0.5, 0.6) is 0 Å². The van der Waals surface area contributed by atoms with Gasteiger partial charge in [0.2, 0.25) is 0 Å². The molecule has 0 fully saturated rings. The van der Waals surface area contributed by atoms with Gasteiger partial charge in [-0.05, 0) is 29.0 Å². The van der Waals surface area contributed by atoms with Gasteiger partial charge in [0.15, 0.2) is 5.78 Å². The lowest BCUT2D eigenvalue weighted by Gasteiger charge is -2.07. The van der Waals surface area contributed by atoms with Crippen molar-refractivity contribution in [3.63, 3.8) is 0 Å². The van der Waals surface area contributed by atoms with E-state index in [-0.39, 0.29) is 5.78 Å². The Morgan fingerprint density at radius 1 is 0.900 bits per heavy atom. The van der Waals surface area contributed by atoms with Gasteiger partial charge in [-0.1, -0.05) is 54.1 Å². The molecule has 20 heavy (non-hydrogen) atoms. The highest BCUT2D eigenvalue weighted by molar-refractivity contribution is 6.35. The molecule has 0 amide bonds. The number of hydrogen-bond acceptors (Lipinski definition) is 2. The average Bonchev–Trinajstić information content (AvgIpc) is 2.46. The number of ketones is 1. The molecule has 2 nitrogen and oxygen atoms in total. The molecule has 0 aliphatic carbocycles. The predicted molar refractivity (Wildman–Crippen MR) is 83.2 cm³/mol. The first-order valence-corrected chi connectivity index (χ1v) is 6.62. The van der Waals surface area contributed by atoms with Gasteiger partial charge in [-0.3, -0.25) is 4.79 Å². The monoisotopic (exact) mass is 281 g/mol. The molecule has 0 saturated carbocycles. The maximum absolute atomic E-state index is 12.7. The highest BCUT2D eigenvalue weighted by Gasteiger charge is 2.15. The van der Waals surface area contributed by atoms with E-state index in [9.17, 15) is 4.79 Å². The summed E-state index contributed by atoms with van der Waals surface area (Å²) in [6.45, 7) is 0. The van der Waals surface area contributed by atoms with E-state index in [4.69, 9.17) is 17.3 Å². The molecule has 0 aromatic heterocycles. The van der Waals surface area contributed by atoms with Crippen molar-refractivity contribution < 1.29 is 4.79 Å². The second kappa shape index (κ2) is 4.99. The van der Waals surface area contributed by atoms with Crippen LogP contribution in [0.25, 0.3) is 10.8 Å². The quantitative estimate of drug-likeness (QED) is 0.562. The van der Waals surface area contributed by atoms with Crippen LogP contribution >= 0.6 is 11.6 Å². The molecular formula is C17H12ClNO. The van der Waals surface area contributed by atoms with E-state index in [1.807, 2.05) is 42.5 Å². The Bertz CT molecular complexity index is 806. The third-order valence-corrected chi connectivity index (χ3v) is 3.58. The van der Waals surface area contributed by atoms with E-state index < -0.39 is 0 Å². The van der Waals surface area contributed by atoms with Crippen LogP contribution < -0.4 is 5.73 Å². The van der Waals surface area contributed by atoms with Gasteiger partial charge in [-0.15, -0.1) is 0 Å². The minimum absolute atomic E-state index is 0.0909. The van der Waals surface area contributed by atoms with Crippen LogP contribution in [0.2, 0.25) is 5.02 Å². The lowest BCUT2D eigenvalue weighted by molar-refractivity contribution is 0.104. The van der Waals surface area contributed by atoms with Crippen LogP contribution in [-0.4, -0.2) is 5.78 Å². The molecule has 98 valence electrons. The van der Waals surface area contributed by atoms with Crippen molar-refractivity contribution in [3.8, 4) is 0 Å². The first kappa shape index (κ1) is 12.7. The SMILES string of the molecule is Nc1ccc(C(=O)c2cccc3ccccc23)c(Cl)c1. The minimum Gasteiger partial charge on any atom is -0.399 e. The fourth-order valence-corrected chi connectivity index (χ4v) is 2.56. The number of nitrogens with two attached hydrogens (primary N) is 1. The highest BCUT2D eigenvalue weighted by Crippen LogP contribution is 2.26. The van der Waals surface area contributed by atoms with Crippen molar-refractivity contribution in [1.29, 1.82) is 0 Å². The summed E-state index contributed by atoms with van der Waals surface area (Å²) in [7, 11) is 0. The van der Waals surface area contributed by atoms with Crippen molar-refractivity contribution in [3.05, 3.63) is 76.8 Å². The molecule has 0 unspecified atom stereocenters. The summed E-state index contributed by atoms with van der Waals surface area (Å²) < 4.78 is 0. The van der Waals surface area contributed by atoms with Crippen LogP contribution in [0.3, 0.4) is 0 Å². The van der Waals surface area contributed by atoms with Crippen molar-refractivity contribution in [2.75, 3.05) is 5.73 Å². The first-order valence-electron chi connectivity index (χ1n) is 6.24. The summed E-state index contributed by atoms with van der Waals surface area (Å²) in [6, 6.07) is 18.4. The molecule has 3 heteroatoms. The third-order valence-electron chi connectivity index (χ3n) is 3.27. The number of fused-ring (bicyclic) bond motifs is 1. The number of anilines is 1. The van der Waals surface area contributed by atoms with E-state index in [0.717, 1.165) is 10.8 Å². The zero-order valence-electron chi connectivity index (χ0n) is 10.6. The average molecular weight is 282 g/mol. The number of benzene rings is 3. The van der Waals surface area contributed by atoms with Gasteiger partial charge < -0.3 is 5.73 Å². The van der Waals surface area contributed by atoms with E-state index in [1.54, 1.807) is 18.2 Å². The summed E-state index contributed by atoms with van der Waals surface area (Å²) >= 11 is 6.12. The first-order chi connectivity index (χ1) is 9.66. The van der Waals surface area contributed by atoms with Gasteiger partial charge in [0.25, 0.3) is 0 Å². The molecule has 0 atom stereocenters. The molecular weight excluding hydrogens is 270 g/mol. The normalized spacial score (nSPS) is 10.7. The standard InChI is InChI=1S/C17H12ClNO/c18-16-10-12(19)8-9-15(16)17(20)14-7-3-5-11-4-1-2-6-13(11)14/h1-10H,19H2. The Hall–Kier alpha value is -2.32. The second-order valence-corrected chi connectivity index (χ2v) is 5.00. The van der Waals surface area contributed by atoms with Gasteiger partial charge in [0, 0.05) is 16.8 Å². The largest absolute Gasteiger partial charge is 0.399 e. The van der Waals surface area contributed by atoms with Gasteiger partial charge >= 0.3 is 0 Å². The molecule has 3 aromatic carbocycles. The Kier molecular flexibility index (Phi) is 3.17.